The van der Waals surface area contributed by atoms with Crippen molar-refractivity contribution in [2.24, 2.45) is 0 Å². The third-order valence-corrected chi connectivity index (χ3v) is 2.75. The van der Waals surface area contributed by atoms with E-state index in [4.69, 9.17) is 19.7 Å². The molecule has 17 heavy (non-hydrogen) atoms. The third kappa shape index (κ3) is 2.79. The summed E-state index contributed by atoms with van der Waals surface area (Å²) in [6, 6.07) is 0. The van der Waals surface area contributed by atoms with Gasteiger partial charge in [0.1, 0.15) is 18.3 Å². The van der Waals surface area contributed by atoms with Crippen LogP contribution < -0.4 is 0 Å². The third-order valence-electron chi connectivity index (χ3n) is 2.75. The molecule has 4 N–H and O–H groups in total. The molecule has 0 aromatic carbocycles. The Hall–Kier alpha value is 0.595. The second kappa shape index (κ2) is 6.16. The van der Waals surface area contributed by atoms with Crippen LogP contribution in [0.2, 0.25) is 0 Å². The van der Waals surface area contributed by atoms with Gasteiger partial charge in [0.25, 0.3) is 5.79 Å². The molecule has 0 aromatic rings. The van der Waals surface area contributed by atoms with Gasteiger partial charge in [-0.2, -0.15) is 0 Å². The van der Waals surface area contributed by atoms with Crippen molar-refractivity contribution >= 4 is 5.97 Å². The van der Waals surface area contributed by atoms with E-state index >= 15 is 0 Å². The average molecular weight is 593 g/mol. The fraction of sp³-hybridized carbons (Fsp3) is 0.875. The van der Waals surface area contributed by atoms with Crippen LogP contribution in [-0.2, 0) is 55.1 Å². The van der Waals surface area contributed by atoms with E-state index < -0.39 is 42.8 Å². The maximum absolute atomic E-state index is 10.9. The van der Waals surface area contributed by atoms with E-state index in [0.717, 1.165) is 0 Å². The monoisotopic (exact) mass is 594 g/mol. The Morgan fingerprint density at radius 3 is 2.35 bits per heavy atom. The Balaban J connectivity index is 0.00000128. The van der Waals surface area contributed by atoms with Crippen molar-refractivity contribution in [3.63, 3.8) is 0 Å². The summed E-state index contributed by atoms with van der Waals surface area (Å²) >= 11 is 0. The molecule has 2 rings (SSSR count). The van der Waals surface area contributed by atoms with Gasteiger partial charge in [-0.1, -0.05) is 0 Å². The van der Waals surface area contributed by atoms with Crippen LogP contribution in [0.1, 0.15) is 6.42 Å². The van der Waals surface area contributed by atoms with Crippen LogP contribution in [0.3, 0.4) is 0 Å². The molecule has 0 amide bonds. The van der Waals surface area contributed by atoms with Crippen molar-refractivity contribution in [1.29, 1.82) is 0 Å². The van der Waals surface area contributed by atoms with Crippen LogP contribution in [-0.4, -0.2) is 63.2 Å². The van der Waals surface area contributed by atoms with E-state index in [2.05, 4.69) is 0 Å². The van der Waals surface area contributed by atoms with Crippen molar-refractivity contribution in [2.45, 2.75) is 36.6 Å². The number of fused-ring (bicyclic) bond motifs is 2. The number of carboxylic acids is 1. The number of hydrogen-bond acceptors (Lipinski definition) is 6. The van der Waals surface area contributed by atoms with Gasteiger partial charge in [0, 0.05) is 47.3 Å². The van der Waals surface area contributed by atoms with Crippen molar-refractivity contribution in [3.05, 3.63) is 0 Å². The van der Waals surface area contributed by atoms with E-state index in [0.29, 0.717) is 0 Å². The molecule has 2 fully saturated rings. The summed E-state index contributed by atoms with van der Waals surface area (Å²) in [6.45, 7) is -0.469. The molecule has 5 unspecified atom stereocenters. The topological polar surface area (TPSA) is 116 Å². The molecule has 0 aromatic heterocycles. The Bertz CT molecular complexity index is 285. The zero-order chi connectivity index (χ0) is 11.2. The van der Waals surface area contributed by atoms with Gasteiger partial charge in [-0.15, -0.1) is 0 Å². The van der Waals surface area contributed by atoms with Crippen LogP contribution >= 0.6 is 0 Å². The van der Waals surface area contributed by atoms with Crippen LogP contribution in [0.4, 0.5) is 0 Å². The van der Waals surface area contributed by atoms with Gasteiger partial charge in [-0.25, -0.2) is 4.79 Å². The van der Waals surface area contributed by atoms with Crippen LogP contribution in [0.25, 0.3) is 0 Å². The molecule has 2 saturated heterocycles. The summed E-state index contributed by atoms with van der Waals surface area (Å²) in [5.41, 5.74) is 0. The van der Waals surface area contributed by atoms with Crippen molar-refractivity contribution in [2.75, 3.05) is 6.61 Å². The number of ether oxygens (including phenoxy) is 2. The first-order valence-corrected chi connectivity index (χ1v) is 4.56. The summed E-state index contributed by atoms with van der Waals surface area (Å²) in [5.74, 6) is -3.30. The van der Waals surface area contributed by atoms with Crippen LogP contribution in [0.5, 0.6) is 0 Å². The van der Waals surface area contributed by atoms with Crippen LogP contribution in [0.15, 0.2) is 0 Å². The normalized spacial score (nSPS) is 43.5. The van der Waals surface area contributed by atoms with Gasteiger partial charge in [0.15, 0.2) is 0 Å². The molecule has 2 radical (unpaired) electrons. The van der Waals surface area contributed by atoms with E-state index in [9.17, 15) is 15.0 Å². The van der Waals surface area contributed by atoms with E-state index in [1.165, 1.54) is 0 Å². The van der Waals surface area contributed by atoms with Crippen molar-refractivity contribution < 1.29 is 75.5 Å². The minimum absolute atomic E-state index is 0. The maximum Gasteiger partial charge on any atom is 0.364 e. The number of carboxylic acid groups (broad SMARTS) is 1. The Morgan fingerprint density at radius 1 is 1.29 bits per heavy atom. The predicted octanol–water partition coefficient (Wildman–Crippen LogP) is -2.34. The summed E-state index contributed by atoms with van der Waals surface area (Å²) in [5, 5.41) is 36.8. The SMILES string of the molecule is O=C(O)C12CC(O)C(O)C(O1)C(CO)O2.[Re].[Re]. The molecule has 100 valence electrons. The van der Waals surface area contributed by atoms with Gasteiger partial charge < -0.3 is 29.9 Å². The number of carbonyl (C=O) groups is 1. The summed E-state index contributed by atoms with van der Waals surface area (Å²) in [7, 11) is 0. The second-order valence-corrected chi connectivity index (χ2v) is 3.74. The average Bonchev–Trinajstić information content (AvgIpc) is 2.52. The molecule has 9 heteroatoms. The van der Waals surface area contributed by atoms with Gasteiger partial charge in [0.05, 0.1) is 12.7 Å². The van der Waals surface area contributed by atoms with Crippen molar-refractivity contribution in [3.8, 4) is 0 Å². The Morgan fingerprint density at radius 2 is 1.88 bits per heavy atom. The van der Waals surface area contributed by atoms with E-state index in [-0.39, 0.29) is 47.3 Å². The fourth-order valence-electron chi connectivity index (χ4n) is 1.97. The molecule has 7 nitrogen and oxygen atoms in total. The first-order chi connectivity index (χ1) is 7.00. The largest absolute Gasteiger partial charge is 0.477 e. The molecule has 2 heterocycles. The standard InChI is InChI=1S/C8H12O7.2Re/c9-2-4-6-5(11)3(10)1-8(14-4,15-6)7(12)13;;/h3-6,9-11H,1-2H2,(H,12,13);;. The molecule has 0 aliphatic carbocycles. The number of hydrogen-bond donors (Lipinski definition) is 4. The fourth-order valence-corrected chi connectivity index (χ4v) is 1.97. The molecule has 0 saturated carbocycles. The van der Waals surface area contributed by atoms with Crippen LogP contribution in [0, 0.1) is 0 Å². The molecular weight excluding hydrogens is 580 g/mol. The zero-order valence-corrected chi connectivity index (χ0v) is 13.9. The number of aliphatic hydroxyl groups is 3. The molecule has 2 aliphatic rings. The van der Waals surface area contributed by atoms with Gasteiger partial charge in [-0.05, 0) is 0 Å². The van der Waals surface area contributed by atoms with E-state index in [1.54, 1.807) is 0 Å². The zero-order valence-electron chi connectivity index (χ0n) is 8.49. The minimum Gasteiger partial charge on any atom is -0.477 e. The molecule has 5 atom stereocenters. The Kier molecular flexibility index (Phi) is 6.38. The quantitative estimate of drug-likeness (QED) is 0.284. The summed E-state index contributed by atoms with van der Waals surface area (Å²) in [4.78, 5) is 10.9. The van der Waals surface area contributed by atoms with Crippen molar-refractivity contribution in [1.82, 2.24) is 0 Å². The minimum atomic E-state index is -1.93. The maximum atomic E-state index is 10.9. The summed E-state index contributed by atoms with van der Waals surface area (Å²) in [6.07, 6.45) is -4.74. The Labute approximate surface area is 124 Å². The molecule has 2 aliphatic heterocycles. The first-order valence-electron chi connectivity index (χ1n) is 4.56. The van der Waals surface area contributed by atoms with Gasteiger partial charge >= 0.3 is 5.97 Å². The van der Waals surface area contributed by atoms with E-state index in [1.807, 2.05) is 0 Å². The molecule has 0 spiro atoms. The summed E-state index contributed by atoms with van der Waals surface area (Å²) < 4.78 is 10.1. The second-order valence-electron chi connectivity index (χ2n) is 3.74. The predicted molar refractivity (Wildman–Crippen MR) is 43.8 cm³/mol. The molecule has 2 bridgehead atoms. The first kappa shape index (κ1) is 17.6. The van der Waals surface area contributed by atoms with Gasteiger partial charge in [0.2, 0.25) is 0 Å². The molecular formula is C8H12O7Re2. The number of rotatable bonds is 2. The smallest absolute Gasteiger partial charge is 0.364 e. The number of aliphatic hydroxyl groups excluding tert-OH is 3. The van der Waals surface area contributed by atoms with Gasteiger partial charge in [-0.3, -0.25) is 0 Å². The number of aliphatic carboxylic acids is 1.